The van der Waals surface area contributed by atoms with Crippen molar-refractivity contribution in [3.05, 3.63) is 11.1 Å². The molecule has 0 aromatic rings. The Bertz CT molecular complexity index is 1400. The highest BCUT2D eigenvalue weighted by Gasteiger charge is 3.01. The number of carbonyl (C=O) groups excluding carboxylic acids is 3. The molecule has 1 unspecified atom stereocenters. The number of epoxide rings is 3. The van der Waals surface area contributed by atoms with Crippen LogP contribution in [0.4, 0.5) is 4.79 Å². The number of fused-ring (bicyclic) bond motifs is 4. The van der Waals surface area contributed by atoms with Gasteiger partial charge in [0.05, 0.1) is 12.7 Å². The molecule has 8 aliphatic rings. The maximum atomic E-state index is 13.3. The lowest BCUT2D eigenvalue weighted by Gasteiger charge is -2.53. The molecule has 5 heterocycles. The van der Waals surface area contributed by atoms with E-state index in [9.17, 15) is 14.4 Å². The Hall–Kier alpha value is -1.47. The van der Waals surface area contributed by atoms with Gasteiger partial charge in [0.1, 0.15) is 30.0 Å². The van der Waals surface area contributed by atoms with Gasteiger partial charge in [-0.2, -0.15) is 0 Å². The molecule has 10 atom stereocenters. The van der Waals surface area contributed by atoms with E-state index in [-0.39, 0.29) is 47.4 Å². The molecule has 8 rings (SSSR count). The van der Waals surface area contributed by atoms with E-state index in [2.05, 4.69) is 26.1 Å². The summed E-state index contributed by atoms with van der Waals surface area (Å²) in [6.07, 6.45) is 14.6. The van der Waals surface area contributed by atoms with Crippen molar-refractivity contribution in [3.63, 3.8) is 0 Å². The van der Waals surface area contributed by atoms with Gasteiger partial charge in [0.25, 0.3) is 0 Å². The van der Waals surface area contributed by atoms with E-state index < -0.39 is 29.1 Å². The third kappa shape index (κ3) is 6.07. The fraction of sp³-hybridized carbons (Fsp3) is 0.872. The topological polar surface area (TPSA) is 129 Å². The van der Waals surface area contributed by atoms with E-state index in [1.165, 1.54) is 31.4 Å². The van der Waals surface area contributed by atoms with Crippen LogP contribution in [0.5, 0.6) is 0 Å². The molecule has 12 heteroatoms. The lowest BCUT2D eigenvalue weighted by molar-refractivity contribution is -0.136. The first-order valence-corrected chi connectivity index (χ1v) is 22.4. The second kappa shape index (κ2) is 14.3. The summed E-state index contributed by atoms with van der Waals surface area (Å²) in [5, 5.41) is 3.89. The highest BCUT2D eigenvalue weighted by Crippen LogP contribution is 2.83. The van der Waals surface area contributed by atoms with Crippen molar-refractivity contribution in [1.82, 2.24) is 5.32 Å². The fourth-order valence-electron chi connectivity index (χ4n) is 11.0. The van der Waals surface area contributed by atoms with Crippen molar-refractivity contribution in [1.29, 1.82) is 0 Å². The molecule has 10 nitrogen and oxygen atoms in total. The van der Waals surface area contributed by atoms with Crippen molar-refractivity contribution >= 4 is 39.6 Å². The van der Waals surface area contributed by atoms with E-state index in [4.69, 9.17) is 28.4 Å². The minimum absolute atomic E-state index is 0.104. The molecule has 0 aromatic carbocycles. The van der Waals surface area contributed by atoms with Crippen molar-refractivity contribution < 1.29 is 42.8 Å². The van der Waals surface area contributed by atoms with Crippen LogP contribution in [0.25, 0.3) is 0 Å². The van der Waals surface area contributed by atoms with Crippen LogP contribution in [0, 0.1) is 17.3 Å². The Morgan fingerprint density at radius 2 is 1.76 bits per heavy atom. The van der Waals surface area contributed by atoms with Gasteiger partial charge in [0, 0.05) is 35.0 Å². The Balaban J connectivity index is 0.732. The van der Waals surface area contributed by atoms with Gasteiger partial charge in [0.2, 0.25) is 5.91 Å². The first-order chi connectivity index (χ1) is 24.7. The van der Waals surface area contributed by atoms with Crippen molar-refractivity contribution in [2.75, 3.05) is 25.5 Å². The third-order valence-corrected chi connectivity index (χ3v) is 16.8. The number of hydrogen-bond donors (Lipinski definition) is 1. The minimum atomic E-state index is -0.765. The first kappa shape index (κ1) is 36.5. The number of hydrogen-bond acceptors (Lipinski definition) is 11. The summed E-state index contributed by atoms with van der Waals surface area (Å²) in [6, 6.07) is 0. The van der Waals surface area contributed by atoms with Gasteiger partial charge in [0.15, 0.2) is 11.7 Å². The molecule has 51 heavy (non-hydrogen) atoms. The number of carbonyl (C=O) groups is 3. The molecule has 4 saturated heterocycles. The highest BCUT2D eigenvalue weighted by molar-refractivity contribution is 8.77. The highest BCUT2D eigenvalue weighted by atomic mass is 33.1. The van der Waals surface area contributed by atoms with Crippen LogP contribution in [-0.4, -0.2) is 90.0 Å². The SMILES string of the molecule is CC(C)[C@]12O[C@H]1[C@@H]1O[C@]13[C@]1(O[C@H]1C[C@H]1C4=C(CC[C@@]13C)C(=O)OC4)[C@@H]2OC(=O)OCCCCCCCCCCNC(=O)CCCCC1CCSS1. The second-order valence-electron chi connectivity index (χ2n) is 16.9. The Labute approximate surface area is 310 Å². The molecular formula is C39H57NO9S2. The normalized spacial score (nSPS) is 40.7. The number of esters is 1. The zero-order valence-electron chi connectivity index (χ0n) is 30.7. The Morgan fingerprint density at radius 1 is 0.980 bits per heavy atom. The number of unbranched alkanes of at least 4 members (excludes halogenated alkanes) is 8. The third-order valence-electron chi connectivity index (χ3n) is 13.8. The number of ether oxygens (including phenoxy) is 6. The minimum Gasteiger partial charge on any atom is -0.458 e. The summed E-state index contributed by atoms with van der Waals surface area (Å²) in [5.41, 5.74) is -0.351. The number of amides is 1. The molecule has 6 fully saturated rings. The van der Waals surface area contributed by atoms with Crippen LogP contribution < -0.4 is 5.32 Å². The molecule has 3 aliphatic carbocycles. The van der Waals surface area contributed by atoms with E-state index >= 15 is 0 Å². The maximum absolute atomic E-state index is 13.3. The standard InChI is InChI=1S/C39H57NO9S2/c1-24(2)37-31(48-37)32-39(49-32)36(3)18-16-26-27(23-45-33(26)42)28(36)22-29-38(39,47-29)34(37)46-35(43)44-20-13-9-7-5-4-6-8-12-19-40-30(41)15-11-10-14-25-17-21-50-51-25/h24-25,28-29,31-32,34H,4-23H2,1-3H3,(H,40,41)/t25?,28-,29-,31-,32-,34+,36-,37-,38+,39+/m0/s1. The molecule has 5 aliphatic heterocycles. The van der Waals surface area contributed by atoms with Gasteiger partial charge in [-0.25, -0.2) is 9.59 Å². The predicted molar refractivity (Wildman–Crippen MR) is 194 cm³/mol. The largest absolute Gasteiger partial charge is 0.508 e. The van der Waals surface area contributed by atoms with Crippen LogP contribution >= 0.6 is 21.6 Å². The summed E-state index contributed by atoms with van der Waals surface area (Å²) in [7, 11) is 4.01. The molecule has 1 amide bonds. The summed E-state index contributed by atoms with van der Waals surface area (Å²) < 4.78 is 37.4. The van der Waals surface area contributed by atoms with Gasteiger partial charge >= 0.3 is 12.1 Å². The van der Waals surface area contributed by atoms with E-state index in [0.29, 0.717) is 26.1 Å². The molecule has 0 radical (unpaired) electrons. The fourth-order valence-corrected chi connectivity index (χ4v) is 14.0. The van der Waals surface area contributed by atoms with Crippen LogP contribution in [0.2, 0.25) is 0 Å². The quantitative estimate of drug-likeness (QED) is 0.0661. The van der Waals surface area contributed by atoms with Gasteiger partial charge in [-0.15, -0.1) is 0 Å². The van der Waals surface area contributed by atoms with Gasteiger partial charge in [-0.3, -0.25) is 4.79 Å². The Kier molecular flexibility index (Phi) is 10.2. The zero-order valence-corrected chi connectivity index (χ0v) is 32.3. The number of cyclic esters (lactones) is 1. The molecular weight excluding hydrogens is 691 g/mol. The van der Waals surface area contributed by atoms with E-state index in [1.807, 2.05) is 21.6 Å². The van der Waals surface area contributed by atoms with Gasteiger partial charge in [-0.05, 0) is 68.8 Å². The molecule has 284 valence electrons. The molecule has 0 bridgehead atoms. The summed E-state index contributed by atoms with van der Waals surface area (Å²) >= 11 is 0. The van der Waals surface area contributed by atoms with E-state index in [0.717, 1.165) is 87.1 Å². The van der Waals surface area contributed by atoms with Crippen molar-refractivity contribution in [2.45, 2.75) is 170 Å². The van der Waals surface area contributed by atoms with Crippen LogP contribution in [-0.2, 0) is 38.0 Å². The van der Waals surface area contributed by atoms with Crippen molar-refractivity contribution in [2.24, 2.45) is 17.3 Å². The summed E-state index contributed by atoms with van der Waals surface area (Å²) in [4.78, 5) is 37.8. The smallest absolute Gasteiger partial charge is 0.458 e. The lowest BCUT2D eigenvalue weighted by atomic mass is 9.46. The van der Waals surface area contributed by atoms with E-state index in [1.54, 1.807) is 0 Å². The van der Waals surface area contributed by atoms with Gasteiger partial charge in [-0.1, -0.05) is 87.3 Å². The first-order valence-electron chi connectivity index (χ1n) is 20.0. The van der Waals surface area contributed by atoms with Crippen LogP contribution in [0.15, 0.2) is 11.1 Å². The molecule has 1 N–H and O–H groups in total. The Morgan fingerprint density at radius 3 is 2.53 bits per heavy atom. The van der Waals surface area contributed by atoms with Crippen LogP contribution in [0.3, 0.4) is 0 Å². The predicted octanol–water partition coefficient (Wildman–Crippen LogP) is 7.22. The molecule has 0 aromatic heterocycles. The number of nitrogens with one attached hydrogen (secondary N) is 1. The lowest BCUT2D eigenvalue weighted by Crippen LogP contribution is -2.70. The average Bonchev–Trinajstić information content (AvgIpc) is 4.05. The van der Waals surface area contributed by atoms with Gasteiger partial charge < -0.3 is 33.7 Å². The summed E-state index contributed by atoms with van der Waals surface area (Å²) in [5.74, 6) is 1.54. The second-order valence-corrected chi connectivity index (χ2v) is 19.6. The average molecular weight is 748 g/mol. The molecule has 2 saturated carbocycles. The monoisotopic (exact) mass is 747 g/mol. The van der Waals surface area contributed by atoms with Crippen LogP contribution in [0.1, 0.15) is 124 Å². The molecule has 2 spiro atoms. The zero-order chi connectivity index (χ0) is 35.4. The summed E-state index contributed by atoms with van der Waals surface area (Å²) in [6.45, 7) is 7.99. The maximum Gasteiger partial charge on any atom is 0.508 e. The number of rotatable bonds is 18. The van der Waals surface area contributed by atoms with Crippen molar-refractivity contribution in [3.8, 4) is 0 Å².